The van der Waals surface area contributed by atoms with Crippen molar-refractivity contribution in [1.29, 1.82) is 0 Å². The van der Waals surface area contributed by atoms with Gasteiger partial charge in [0, 0.05) is 29.2 Å². The number of nitrogens with one attached hydrogen (secondary N) is 1. The van der Waals surface area contributed by atoms with Gasteiger partial charge in [-0.2, -0.15) is 0 Å². The van der Waals surface area contributed by atoms with E-state index in [1.807, 2.05) is 39.0 Å². The standard InChI is InChI=1S/C17H24N4/c1-11(2)9-18-10-15-13(4)20-17(21-14(15)5)16-8-6-7-12(3)19-16/h6-8,11,18H,9-10H2,1-5H3. The molecular formula is C17H24N4. The molecular weight excluding hydrogens is 260 g/mol. The molecule has 4 nitrogen and oxygen atoms in total. The van der Waals surface area contributed by atoms with Crippen LogP contribution < -0.4 is 5.32 Å². The van der Waals surface area contributed by atoms with Gasteiger partial charge >= 0.3 is 0 Å². The van der Waals surface area contributed by atoms with Crippen molar-refractivity contribution in [2.45, 2.75) is 41.2 Å². The maximum atomic E-state index is 4.63. The molecule has 2 rings (SSSR count). The lowest BCUT2D eigenvalue weighted by molar-refractivity contribution is 0.549. The molecule has 1 N–H and O–H groups in total. The second-order valence-corrected chi connectivity index (χ2v) is 5.89. The van der Waals surface area contributed by atoms with Gasteiger partial charge in [-0.1, -0.05) is 19.9 Å². The Bertz CT molecular complexity index is 597. The molecule has 0 aliphatic carbocycles. The quantitative estimate of drug-likeness (QED) is 0.916. The average molecular weight is 284 g/mol. The minimum atomic E-state index is 0.641. The number of hydrogen-bond acceptors (Lipinski definition) is 4. The molecule has 0 radical (unpaired) electrons. The van der Waals surface area contributed by atoms with E-state index in [4.69, 9.17) is 0 Å². The normalized spacial score (nSPS) is 11.1. The number of pyridine rings is 1. The molecule has 0 atom stereocenters. The molecule has 0 amide bonds. The van der Waals surface area contributed by atoms with Gasteiger partial charge in [0.05, 0.1) is 0 Å². The van der Waals surface area contributed by atoms with Crippen molar-refractivity contribution >= 4 is 0 Å². The van der Waals surface area contributed by atoms with Gasteiger partial charge in [-0.3, -0.25) is 0 Å². The van der Waals surface area contributed by atoms with E-state index < -0.39 is 0 Å². The van der Waals surface area contributed by atoms with E-state index in [-0.39, 0.29) is 0 Å². The van der Waals surface area contributed by atoms with Crippen molar-refractivity contribution in [1.82, 2.24) is 20.3 Å². The monoisotopic (exact) mass is 284 g/mol. The predicted molar refractivity (Wildman–Crippen MR) is 86.0 cm³/mol. The summed E-state index contributed by atoms with van der Waals surface area (Å²) < 4.78 is 0. The van der Waals surface area contributed by atoms with Crippen LogP contribution in [0.15, 0.2) is 18.2 Å². The van der Waals surface area contributed by atoms with Gasteiger partial charge in [-0.05, 0) is 45.4 Å². The van der Waals surface area contributed by atoms with Crippen LogP contribution in [0.4, 0.5) is 0 Å². The van der Waals surface area contributed by atoms with E-state index in [9.17, 15) is 0 Å². The van der Waals surface area contributed by atoms with Crippen LogP contribution in [0.1, 0.15) is 36.5 Å². The van der Waals surface area contributed by atoms with Gasteiger partial charge in [0.15, 0.2) is 5.82 Å². The summed E-state index contributed by atoms with van der Waals surface area (Å²) in [5.41, 5.74) is 5.05. The average Bonchev–Trinajstić information content (AvgIpc) is 2.41. The van der Waals surface area contributed by atoms with Crippen molar-refractivity contribution in [2.75, 3.05) is 6.54 Å². The van der Waals surface area contributed by atoms with Crippen LogP contribution in [0.5, 0.6) is 0 Å². The summed E-state index contributed by atoms with van der Waals surface area (Å²) in [4.78, 5) is 13.8. The Morgan fingerprint density at radius 1 is 1.00 bits per heavy atom. The molecule has 112 valence electrons. The van der Waals surface area contributed by atoms with Crippen LogP contribution >= 0.6 is 0 Å². The Hall–Kier alpha value is -1.81. The van der Waals surface area contributed by atoms with Gasteiger partial charge in [0.25, 0.3) is 0 Å². The fraction of sp³-hybridized carbons (Fsp3) is 0.471. The molecule has 2 heterocycles. The van der Waals surface area contributed by atoms with Crippen LogP contribution in [0, 0.1) is 26.7 Å². The third kappa shape index (κ3) is 4.08. The maximum Gasteiger partial charge on any atom is 0.178 e. The van der Waals surface area contributed by atoms with Gasteiger partial charge < -0.3 is 5.32 Å². The molecule has 0 saturated carbocycles. The fourth-order valence-corrected chi connectivity index (χ4v) is 2.26. The molecule has 0 bridgehead atoms. The summed E-state index contributed by atoms with van der Waals surface area (Å²) in [5.74, 6) is 1.35. The lowest BCUT2D eigenvalue weighted by Gasteiger charge is -2.13. The molecule has 0 unspecified atom stereocenters. The smallest absolute Gasteiger partial charge is 0.178 e. The first-order valence-corrected chi connectivity index (χ1v) is 7.46. The minimum Gasteiger partial charge on any atom is -0.312 e. The fourth-order valence-electron chi connectivity index (χ4n) is 2.26. The van der Waals surface area contributed by atoms with Crippen molar-refractivity contribution in [2.24, 2.45) is 5.92 Å². The number of aryl methyl sites for hydroxylation is 3. The Labute approximate surface area is 127 Å². The zero-order chi connectivity index (χ0) is 15.4. The SMILES string of the molecule is Cc1cccc(-c2nc(C)c(CNCC(C)C)c(C)n2)n1. The summed E-state index contributed by atoms with van der Waals surface area (Å²) >= 11 is 0. The van der Waals surface area contributed by atoms with Crippen molar-refractivity contribution < 1.29 is 0 Å². The third-order valence-corrected chi connectivity index (χ3v) is 3.39. The van der Waals surface area contributed by atoms with Gasteiger partial charge in [0.1, 0.15) is 5.69 Å². The zero-order valence-corrected chi connectivity index (χ0v) is 13.6. The third-order valence-electron chi connectivity index (χ3n) is 3.39. The van der Waals surface area contributed by atoms with E-state index in [1.54, 1.807) is 0 Å². The van der Waals surface area contributed by atoms with E-state index >= 15 is 0 Å². The van der Waals surface area contributed by atoms with E-state index in [0.29, 0.717) is 11.7 Å². The lowest BCUT2D eigenvalue weighted by Crippen LogP contribution is -2.21. The molecule has 2 aromatic rings. The second kappa shape index (κ2) is 6.76. The van der Waals surface area contributed by atoms with E-state index in [2.05, 4.69) is 34.1 Å². The molecule has 0 fully saturated rings. The van der Waals surface area contributed by atoms with Crippen molar-refractivity contribution in [3.05, 3.63) is 40.8 Å². The molecule has 4 heteroatoms. The molecule has 21 heavy (non-hydrogen) atoms. The lowest BCUT2D eigenvalue weighted by atomic mass is 10.1. The molecule has 0 spiro atoms. The van der Waals surface area contributed by atoms with E-state index in [0.717, 1.165) is 35.9 Å². The Balaban J connectivity index is 2.24. The first kappa shape index (κ1) is 15.6. The number of hydrogen-bond donors (Lipinski definition) is 1. The number of aromatic nitrogens is 3. The molecule has 0 aromatic carbocycles. The summed E-state index contributed by atoms with van der Waals surface area (Å²) in [7, 11) is 0. The highest BCUT2D eigenvalue weighted by Gasteiger charge is 2.11. The van der Waals surface area contributed by atoms with Crippen LogP contribution in [0.3, 0.4) is 0 Å². The van der Waals surface area contributed by atoms with Gasteiger partial charge in [0.2, 0.25) is 0 Å². The Kier molecular flexibility index (Phi) is 5.02. The highest BCUT2D eigenvalue weighted by Crippen LogP contribution is 2.17. The summed E-state index contributed by atoms with van der Waals surface area (Å²) in [6.45, 7) is 12.3. The second-order valence-electron chi connectivity index (χ2n) is 5.89. The number of rotatable bonds is 5. The summed E-state index contributed by atoms with van der Waals surface area (Å²) in [6.07, 6.45) is 0. The molecule has 2 aromatic heterocycles. The highest BCUT2D eigenvalue weighted by molar-refractivity contribution is 5.50. The van der Waals surface area contributed by atoms with Crippen LogP contribution in [-0.4, -0.2) is 21.5 Å². The Morgan fingerprint density at radius 2 is 1.67 bits per heavy atom. The molecule has 0 aliphatic heterocycles. The molecule has 0 aliphatic rings. The van der Waals surface area contributed by atoms with E-state index in [1.165, 1.54) is 5.56 Å². The molecule has 0 saturated heterocycles. The summed E-state index contributed by atoms with van der Waals surface area (Å²) in [6, 6.07) is 5.93. The largest absolute Gasteiger partial charge is 0.312 e. The van der Waals surface area contributed by atoms with Crippen LogP contribution in [0.2, 0.25) is 0 Å². The van der Waals surface area contributed by atoms with Gasteiger partial charge in [-0.25, -0.2) is 15.0 Å². The maximum absolute atomic E-state index is 4.63. The van der Waals surface area contributed by atoms with Crippen molar-refractivity contribution in [3.8, 4) is 11.5 Å². The van der Waals surface area contributed by atoms with Crippen LogP contribution in [0.25, 0.3) is 11.5 Å². The van der Waals surface area contributed by atoms with Crippen LogP contribution in [-0.2, 0) is 6.54 Å². The minimum absolute atomic E-state index is 0.641. The summed E-state index contributed by atoms with van der Waals surface area (Å²) in [5, 5.41) is 3.46. The van der Waals surface area contributed by atoms with Crippen molar-refractivity contribution in [3.63, 3.8) is 0 Å². The first-order valence-electron chi connectivity index (χ1n) is 7.46. The first-order chi connectivity index (χ1) is 9.97. The zero-order valence-electron chi connectivity index (χ0n) is 13.6. The van der Waals surface area contributed by atoms with Gasteiger partial charge in [-0.15, -0.1) is 0 Å². The topological polar surface area (TPSA) is 50.7 Å². The predicted octanol–water partition coefficient (Wildman–Crippen LogP) is 3.21. The highest BCUT2D eigenvalue weighted by atomic mass is 14.9. The number of nitrogens with zero attached hydrogens (tertiary/aromatic N) is 3. The Morgan fingerprint density at radius 3 is 2.24 bits per heavy atom.